The Kier molecular flexibility index (Phi) is 4.67. The summed E-state index contributed by atoms with van der Waals surface area (Å²) in [6.45, 7) is 0. The van der Waals surface area contributed by atoms with Crippen LogP contribution in [-0.2, 0) is 0 Å². The fraction of sp³-hybridized carbons (Fsp3) is 0.300. The van der Waals surface area contributed by atoms with E-state index in [0.717, 1.165) is 29.6 Å². The predicted molar refractivity (Wildman–Crippen MR) is 103 cm³/mol. The lowest BCUT2D eigenvalue weighted by Gasteiger charge is -2.30. The average Bonchev–Trinajstić information content (AvgIpc) is 3.09. The van der Waals surface area contributed by atoms with Crippen LogP contribution in [0, 0.1) is 12.3 Å². The summed E-state index contributed by atoms with van der Waals surface area (Å²) in [7, 11) is 0. The zero-order valence-corrected chi connectivity index (χ0v) is 14.7. The number of aliphatic hydroxyl groups excluding tert-OH is 1. The molecule has 138 valence electrons. The van der Waals surface area contributed by atoms with Gasteiger partial charge in [0.15, 0.2) is 11.6 Å². The highest BCUT2D eigenvalue weighted by atomic mass is 16.5. The van der Waals surface area contributed by atoms with Crippen molar-refractivity contribution in [2.24, 2.45) is 5.73 Å². The predicted octanol–water partition coefficient (Wildman–Crippen LogP) is 2.07. The Hall–Kier alpha value is -3.08. The number of nitrogens with zero attached hydrogens (tertiary/aromatic N) is 3. The molecule has 3 aromatic rings. The van der Waals surface area contributed by atoms with Gasteiger partial charge in [0, 0.05) is 36.0 Å². The number of aliphatic hydroxyl groups is 1. The summed E-state index contributed by atoms with van der Waals surface area (Å²) in [4.78, 5) is 4.37. The molecule has 1 unspecified atom stereocenters. The number of ether oxygens (including phenoxy) is 1. The Morgan fingerprint density at radius 1 is 1.33 bits per heavy atom. The molecule has 0 aliphatic heterocycles. The van der Waals surface area contributed by atoms with Crippen molar-refractivity contribution in [3.05, 3.63) is 48.4 Å². The van der Waals surface area contributed by atoms with E-state index in [-0.39, 0.29) is 12.1 Å². The number of nitrogens with one attached hydrogen (secondary N) is 1. The van der Waals surface area contributed by atoms with Crippen molar-refractivity contribution in [3.8, 4) is 18.1 Å². The lowest BCUT2D eigenvalue weighted by molar-refractivity contribution is 0.0399. The normalized spacial score (nSPS) is 22.3. The highest BCUT2D eigenvalue weighted by molar-refractivity contribution is 5.79. The van der Waals surface area contributed by atoms with E-state index in [9.17, 15) is 5.11 Å². The lowest BCUT2D eigenvalue weighted by Crippen LogP contribution is -2.43. The average molecular weight is 363 g/mol. The summed E-state index contributed by atoms with van der Waals surface area (Å²) in [6, 6.07) is 9.22. The van der Waals surface area contributed by atoms with Crippen LogP contribution in [0.25, 0.3) is 5.52 Å². The van der Waals surface area contributed by atoms with Gasteiger partial charge >= 0.3 is 0 Å². The Balaban J connectivity index is 1.62. The molecule has 1 saturated carbocycles. The van der Waals surface area contributed by atoms with Crippen LogP contribution in [0.3, 0.4) is 0 Å². The van der Waals surface area contributed by atoms with Crippen LogP contribution in [0.5, 0.6) is 5.75 Å². The molecule has 4 rings (SSSR count). The summed E-state index contributed by atoms with van der Waals surface area (Å²) in [6.07, 6.45) is 10.2. The molecule has 0 saturated heterocycles. The van der Waals surface area contributed by atoms with Gasteiger partial charge in [-0.15, -0.1) is 6.42 Å². The Labute approximate surface area is 157 Å². The van der Waals surface area contributed by atoms with E-state index in [1.54, 1.807) is 4.52 Å². The largest absolute Gasteiger partial charge is 0.488 e. The number of benzene rings is 1. The number of aromatic nitrogens is 3. The van der Waals surface area contributed by atoms with Crippen molar-refractivity contribution in [3.63, 3.8) is 0 Å². The van der Waals surface area contributed by atoms with Gasteiger partial charge < -0.3 is 20.9 Å². The third-order valence-corrected chi connectivity index (χ3v) is 4.82. The zero-order chi connectivity index (χ0) is 18.8. The van der Waals surface area contributed by atoms with Gasteiger partial charge in [-0.25, -0.2) is 9.50 Å². The first-order chi connectivity index (χ1) is 13.1. The van der Waals surface area contributed by atoms with E-state index in [2.05, 4.69) is 21.3 Å². The molecule has 27 heavy (non-hydrogen) atoms. The molecule has 0 amide bonds. The van der Waals surface area contributed by atoms with Crippen molar-refractivity contribution < 1.29 is 9.84 Å². The van der Waals surface area contributed by atoms with Gasteiger partial charge in [0.2, 0.25) is 0 Å². The van der Waals surface area contributed by atoms with Gasteiger partial charge in [0.25, 0.3) is 0 Å². The van der Waals surface area contributed by atoms with E-state index in [0.29, 0.717) is 18.0 Å². The molecule has 0 spiro atoms. The molecular weight excluding hydrogens is 342 g/mol. The quantitative estimate of drug-likeness (QED) is 0.614. The highest BCUT2D eigenvalue weighted by Gasteiger charge is 2.28. The van der Waals surface area contributed by atoms with Crippen molar-refractivity contribution in [1.82, 2.24) is 14.6 Å². The Morgan fingerprint density at radius 2 is 2.22 bits per heavy atom. The molecule has 2 heterocycles. The number of rotatable bonds is 4. The molecule has 3 atom stereocenters. The van der Waals surface area contributed by atoms with Crippen molar-refractivity contribution in [2.45, 2.75) is 37.5 Å². The van der Waals surface area contributed by atoms with Gasteiger partial charge in [-0.2, -0.15) is 5.10 Å². The van der Waals surface area contributed by atoms with Gasteiger partial charge in [-0.05, 0) is 31.0 Å². The third-order valence-electron chi connectivity index (χ3n) is 4.82. The third kappa shape index (κ3) is 3.58. The first-order valence-electron chi connectivity index (χ1n) is 8.90. The molecule has 2 aromatic heterocycles. The molecule has 0 bridgehead atoms. The smallest absolute Gasteiger partial charge is 0.162 e. The second-order valence-corrected chi connectivity index (χ2v) is 6.72. The van der Waals surface area contributed by atoms with Crippen LogP contribution in [0.4, 0.5) is 11.5 Å². The minimum absolute atomic E-state index is 0.0937. The SMILES string of the molecule is C#Cc1cccc(Nc2ncnn3ccc(OC4CC[C@@H](N)[C@H](O)C4)c23)c1. The molecule has 1 aliphatic rings. The van der Waals surface area contributed by atoms with Crippen molar-refractivity contribution in [1.29, 1.82) is 0 Å². The van der Waals surface area contributed by atoms with Crippen LogP contribution >= 0.6 is 0 Å². The number of fused-ring (bicyclic) bond motifs is 1. The van der Waals surface area contributed by atoms with Gasteiger partial charge in [-0.3, -0.25) is 0 Å². The van der Waals surface area contributed by atoms with Crippen LogP contribution < -0.4 is 15.8 Å². The summed E-state index contributed by atoms with van der Waals surface area (Å²) in [5.74, 6) is 3.91. The summed E-state index contributed by atoms with van der Waals surface area (Å²) in [5, 5.41) is 17.6. The van der Waals surface area contributed by atoms with Crippen molar-refractivity contribution in [2.75, 3.05) is 5.32 Å². The van der Waals surface area contributed by atoms with Gasteiger partial charge in [0.05, 0.1) is 6.10 Å². The molecular formula is C20H21N5O2. The van der Waals surface area contributed by atoms with E-state index in [1.165, 1.54) is 6.33 Å². The molecule has 4 N–H and O–H groups in total. The number of hydrogen-bond acceptors (Lipinski definition) is 6. The van der Waals surface area contributed by atoms with E-state index < -0.39 is 6.10 Å². The zero-order valence-electron chi connectivity index (χ0n) is 14.7. The lowest BCUT2D eigenvalue weighted by atomic mass is 9.91. The standard InChI is InChI=1S/C20H21N5O2/c1-2-13-4-3-5-14(10-13)24-20-19-18(8-9-25(19)23-12-22-20)27-15-6-7-16(21)17(26)11-15/h1,3-5,8-10,12,15-17,26H,6-7,11,21H2,(H,22,23,24)/t15?,16-,17-/m1/s1. The first kappa shape index (κ1) is 17.3. The molecule has 7 heteroatoms. The molecule has 1 aromatic carbocycles. The fourth-order valence-electron chi connectivity index (χ4n) is 3.36. The van der Waals surface area contributed by atoms with Crippen LogP contribution in [0.2, 0.25) is 0 Å². The molecule has 1 fully saturated rings. The second kappa shape index (κ2) is 7.27. The molecule has 1 aliphatic carbocycles. The van der Waals surface area contributed by atoms with E-state index in [1.807, 2.05) is 36.5 Å². The number of nitrogens with two attached hydrogens (primary N) is 1. The van der Waals surface area contributed by atoms with Crippen molar-refractivity contribution >= 4 is 17.0 Å². The minimum Gasteiger partial charge on any atom is -0.488 e. The monoisotopic (exact) mass is 363 g/mol. The topological polar surface area (TPSA) is 97.7 Å². The fourth-order valence-corrected chi connectivity index (χ4v) is 3.36. The molecule has 7 nitrogen and oxygen atoms in total. The van der Waals surface area contributed by atoms with E-state index >= 15 is 0 Å². The maximum absolute atomic E-state index is 10.0. The maximum Gasteiger partial charge on any atom is 0.162 e. The van der Waals surface area contributed by atoms with Crippen LogP contribution in [0.15, 0.2) is 42.9 Å². The minimum atomic E-state index is -0.544. The summed E-state index contributed by atoms with van der Waals surface area (Å²) >= 11 is 0. The number of hydrogen-bond donors (Lipinski definition) is 3. The molecule has 0 radical (unpaired) electrons. The van der Waals surface area contributed by atoms with Gasteiger partial charge in [-0.1, -0.05) is 12.0 Å². The second-order valence-electron chi connectivity index (χ2n) is 6.72. The van der Waals surface area contributed by atoms with Crippen LogP contribution in [-0.4, -0.2) is 38.0 Å². The Morgan fingerprint density at radius 3 is 3.04 bits per heavy atom. The maximum atomic E-state index is 10.0. The van der Waals surface area contributed by atoms with Crippen LogP contribution in [0.1, 0.15) is 24.8 Å². The highest BCUT2D eigenvalue weighted by Crippen LogP contribution is 2.31. The Bertz CT molecular complexity index is 993. The summed E-state index contributed by atoms with van der Waals surface area (Å²) < 4.78 is 7.87. The summed E-state index contributed by atoms with van der Waals surface area (Å²) in [5.41, 5.74) is 8.23. The number of terminal acetylenes is 1. The number of anilines is 2. The first-order valence-corrected chi connectivity index (χ1v) is 8.90. The van der Waals surface area contributed by atoms with Gasteiger partial charge in [0.1, 0.15) is 17.9 Å². The van der Waals surface area contributed by atoms with E-state index in [4.69, 9.17) is 16.9 Å².